The quantitative estimate of drug-likeness (QED) is 0.614. The van der Waals surface area contributed by atoms with Crippen molar-refractivity contribution in [1.82, 2.24) is 0 Å². The first-order valence-electron chi connectivity index (χ1n) is 5.55. The number of hydrogen-bond donors (Lipinski definition) is 0. The van der Waals surface area contributed by atoms with Gasteiger partial charge in [-0.3, -0.25) is 0 Å². The van der Waals surface area contributed by atoms with Crippen molar-refractivity contribution < 1.29 is 18.3 Å². The number of hydrogen-bond acceptors (Lipinski definition) is 4. The number of furan rings is 1. The summed E-state index contributed by atoms with van der Waals surface area (Å²) in [5.41, 5.74) is 0.315. The van der Waals surface area contributed by atoms with E-state index in [9.17, 15) is 9.18 Å². The minimum atomic E-state index is -0.630. The third kappa shape index (κ3) is 2.18. The summed E-state index contributed by atoms with van der Waals surface area (Å²) in [6, 6.07) is 9.39. The summed E-state index contributed by atoms with van der Waals surface area (Å²) in [5, 5.41) is 0. The predicted molar refractivity (Wildman–Crippen MR) is 65.7 cm³/mol. The van der Waals surface area contributed by atoms with E-state index in [4.69, 9.17) is 9.15 Å². The lowest BCUT2D eigenvalue weighted by atomic mass is 10.2. The number of esters is 1. The Bertz CT molecular complexity index is 686. The van der Waals surface area contributed by atoms with E-state index in [1.165, 1.54) is 18.4 Å². The first kappa shape index (κ1) is 11.4. The molecule has 0 N–H and O–H groups in total. The van der Waals surface area contributed by atoms with Crippen molar-refractivity contribution in [3.05, 3.63) is 65.5 Å². The molecule has 2 heterocycles. The van der Waals surface area contributed by atoms with Gasteiger partial charge >= 0.3 is 5.97 Å². The van der Waals surface area contributed by atoms with Crippen LogP contribution in [0.3, 0.4) is 0 Å². The van der Waals surface area contributed by atoms with Gasteiger partial charge in [-0.2, -0.15) is 0 Å². The number of ether oxygens (including phenoxy) is 1. The topological polar surface area (TPSA) is 51.8 Å². The fourth-order valence-electron chi connectivity index (χ4n) is 1.65. The van der Waals surface area contributed by atoms with Gasteiger partial charge in [0, 0.05) is 5.56 Å². The van der Waals surface area contributed by atoms with Crippen molar-refractivity contribution in [3.63, 3.8) is 0 Å². The van der Waals surface area contributed by atoms with Gasteiger partial charge in [-0.15, -0.1) is 0 Å². The smallest absolute Gasteiger partial charge is 0.363 e. The number of cyclic esters (lactones) is 1. The van der Waals surface area contributed by atoms with Gasteiger partial charge in [-0.25, -0.2) is 14.2 Å². The summed E-state index contributed by atoms with van der Waals surface area (Å²) in [6.07, 6.45) is 2.79. The summed E-state index contributed by atoms with van der Waals surface area (Å²) < 4.78 is 23.5. The summed E-state index contributed by atoms with van der Waals surface area (Å²) in [7, 11) is 0. The second-order valence-corrected chi connectivity index (χ2v) is 3.83. The molecule has 0 amide bonds. The standard InChI is InChI=1S/C14H8FNO3/c15-10-5-2-1-4-9(10)8-11-14(17)19-13(16-11)12-6-3-7-18-12/h1-8H/b11-8-. The van der Waals surface area contributed by atoms with Gasteiger partial charge in [0.05, 0.1) is 6.26 Å². The van der Waals surface area contributed by atoms with E-state index in [0.29, 0.717) is 5.76 Å². The molecule has 0 fully saturated rings. The molecule has 1 aliphatic heterocycles. The number of nitrogens with zero attached hydrogens (tertiary/aromatic N) is 1. The van der Waals surface area contributed by atoms with Crippen LogP contribution in [0.4, 0.5) is 4.39 Å². The van der Waals surface area contributed by atoms with Crippen LogP contribution in [0.25, 0.3) is 6.08 Å². The molecule has 0 unspecified atom stereocenters. The van der Waals surface area contributed by atoms with E-state index in [-0.39, 0.29) is 17.2 Å². The van der Waals surface area contributed by atoms with Crippen molar-refractivity contribution >= 4 is 17.9 Å². The number of carbonyl (C=O) groups is 1. The maximum atomic E-state index is 13.5. The molecule has 1 aromatic heterocycles. The lowest BCUT2D eigenvalue weighted by Crippen LogP contribution is -2.04. The van der Waals surface area contributed by atoms with Crippen LogP contribution in [0.15, 0.2) is 57.8 Å². The fraction of sp³-hybridized carbons (Fsp3) is 0. The van der Waals surface area contributed by atoms with E-state index < -0.39 is 11.8 Å². The van der Waals surface area contributed by atoms with Gasteiger partial charge < -0.3 is 9.15 Å². The SMILES string of the molecule is O=C1OC(c2ccco2)=N/C1=C\c1ccccc1F. The first-order chi connectivity index (χ1) is 9.24. The molecule has 0 radical (unpaired) electrons. The van der Waals surface area contributed by atoms with Crippen molar-refractivity contribution in [2.45, 2.75) is 0 Å². The molecular formula is C14H8FNO3. The highest BCUT2D eigenvalue weighted by Gasteiger charge is 2.25. The largest absolute Gasteiger partial charge is 0.459 e. The Labute approximate surface area is 107 Å². The number of rotatable bonds is 2. The summed E-state index contributed by atoms with van der Waals surface area (Å²) in [6.45, 7) is 0. The highest BCUT2D eigenvalue weighted by atomic mass is 19.1. The van der Waals surface area contributed by atoms with Crippen molar-refractivity contribution in [2.75, 3.05) is 0 Å². The summed E-state index contributed by atoms with van der Waals surface area (Å²) in [5.74, 6) is -0.623. The second-order valence-electron chi connectivity index (χ2n) is 3.83. The second kappa shape index (κ2) is 4.53. The minimum absolute atomic E-state index is 0.0384. The third-order valence-electron chi connectivity index (χ3n) is 2.55. The lowest BCUT2D eigenvalue weighted by Gasteiger charge is -1.95. The minimum Gasteiger partial charge on any atom is -0.459 e. The first-order valence-corrected chi connectivity index (χ1v) is 5.55. The summed E-state index contributed by atoms with van der Waals surface area (Å²) in [4.78, 5) is 15.6. The highest BCUT2D eigenvalue weighted by molar-refractivity contribution is 6.11. The molecule has 0 saturated heterocycles. The van der Waals surface area contributed by atoms with Crippen LogP contribution in [0.1, 0.15) is 11.3 Å². The lowest BCUT2D eigenvalue weighted by molar-refractivity contribution is -0.130. The Hall–Kier alpha value is -2.69. The van der Waals surface area contributed by atoms with E-state index >= 15 is 0 Å². The molecule has 2 aromatic rings. The van der Waals surface area contributed by atoms with Crippen molar-refractivity contribution in [1.29, 1.82) is 0 Å². The van der Waals surface area contributed by atoms with Gasteiger partial charge in [0.25, 0.3) is 5.90 Å². The molecule has 0 aliphatic carbocycles. The molecule has 3 rings (SSSR count). The monoisotopic (exact) mass is 257 g/mol. The van der Waals surface area contributed by atoms with Gasteiger partial charge in [0.2, 0.25) is 0 Å². The van der Waals surface area contributed by atoms with E-state index in [1.807, 2.05) is 0 Å². The van der Waals surface area contributed by atoms with Crippen LogP contribution >= 0.6 is 0 Å². The van der Waals surface area contributed by atoms with E-state index in [1.54, 1.807) is 30.3 Å². The molecular weight excluding hydrogens is 249 g/mol. The molecule has 1 aliphatic rings. The number of halogens is 1. The molecule has 0 saturated carbocycles. The van der Waals surface area contributed by atoms with Crippen LogP contribution in [-0.4, -0.2) is 11.9 Å². The van der Waals surface area contributed by atoms with Crippen molar-refractivity contribution in [3.8, 4) is 0 Å². The van der Waals surface area contributed by atoms with Crippen LogP contribution in [0, 0.1) is 5.82 Å². The summed E-state index contributed by atoms with van der Waals surface area (Å²) >= 11 is 0. The maximum absolute atomic E-state index is 13.5. The number of aliphatic imine (C=N–C) groups is 1. The number of benzene rings is 1. The van der Waals surface area contributed by atoms with Crippen molar-refractivity contribution in [2.24, 2.45) is 4.99 Å². The molecule has 5 heteroatoms. The zero-order valence-electron chi connectivity index (χ0n) is 9.67. The van der Waals surface area contributed by atoms with E-state index in [0.717, 1.165) is 0 Å². The normalized spacial score (nSPS) is 16.6. The maximum Gasteiger partial charge on any atom is 0.363 e. The molecule has 0 atom stereocenters. The Morgan fingerprint density at radius 1 is 1.16 bits per heavy atom. The average Bonchev–Trinajstić information content (AvgIpc) is 3.02. The highest BCUT2D eigenvalue weighted by Crippen LogP contribution is 2.20. The van der Waals surface area contributed by atoms with Crippen LogP contribution < -0.4 is 0 Å². The van der Waals surface area contributed by atoms with Gasteiger partial charge in [-0.05, 0) is 24.3 Å². The Balaban J connectivity index is 1.98. The van der Waals surface area contributed by atoms with Crippen LogP contribution in [0.5, 0.6) is 0 Å². The molecule has 19 heavy (non-hydrogen) atoms. The average molecular weight is 257 g/mol. The Morgan fingerprint density at radius 2 is 2.00 bits per heavy atom. The van der Waals surface area contributed by atoms with Gasteiger partial charge in [-0.1, -0.05) is 18.2 Å². The molecule has 4 nitrogen and oxygen atoms in total. The Kier molecular flexibility index (Phi) is 2.72. The predicted octanol–water partition coefficient (Wildman–Crippen LogP) is 2.76. The van der Waals surface area contributed by atoms with Gasteiger partial charge in [0.1, 0.15) is 5.82 Å². The van der Waals surface area contributed by atoms with Crippen LogP contribution in [0.2, 0.25) is 0 Å². The molecule has 94 valence electrons. The fourth-order valence-corrected chi connectivity index (χ4v) is 1.65. The van der Waals surface area contributed by atoms with E-state index in [2.05, 4.69) is 4.99 Å². The molecule has 0 spiro atoms. The Morgan fingerprint density at radius 3 is 2.74 bits per heavy atom. The van der Waals surface area contributed by atoms with Crippen LogP contribution in [-0.2, 0) is 9.53 Å². The third-order valence-corrected chi connectivity index (χ3v) is 2.55. The number of carbonyl (C=O) groups excluding carboxylic acids is 1. The zero-order chi connectivity index (χ0) is 13.2. The van der Waals surface area contributed by atoms with Gasteiger partial charge in [0.15, 0.2) is 11.5 Å². The zero-order valence-corrected chi connectivity index (χ0v) is 9.67. The molecule has 1 aromatic carbocycles. The molecule has 0 bridgehead atoms.